The van der Waals surface area contributed by atoms with E-state index in [-0.39, 0.29) is 16.8 Å². The highest BCUT2D eigenvalue weighted by molar-refractivity contribution is 5.69. The van der Waals surface area contributed by atoms with Gasteiger partial charge in [-0.3, -0.25) is 4.79 Å². The van der Waals surface area contributed by atoms with Gasteiger partial charge in [-0.2, -0.15) is 0 Å². The van der Waals surface area contributed by atoms with Crippen LogP contribution in [0.25, 0.3) is 0 Å². The molecule has 0 saturated heterocycles. The van der Waals surface area contributed by atoms with Gasteiger partial charge in [0.25, 0.3) is 0 Å². The average Bonchev–Trinajstić information content (AvgIpc) is 2.37. The van der Waals surface area contributed by atoms with E-state index in [0.717, 1.165) is 18.4 Å². The minimum Gasteiger partial charge on any atom is -0.508 e. The lowest BCUT2D eigenvalue weighted by molar-refractivity contribution is -0.140. The summed E-state index contributed by atoms with van der Waals surface area (Å²) < 4.78 is 4.67. The molecule has 0 aliphatic rings. The van der Waals surface area contributed by atoms with Gasteiger partial charge in [-0.15, -0.1) is 0 Å². The van der Waals surface area contributed by atoms with Crippen LogP contribution in [0.2, 0.25) is 0 Å². The Morgan fingerprint density at radius 3 is 2.33 bits per heavy atom. The first-order valence-corrected chi connectivity index (χ1v) is 7.49. The summed E-state index contributed by atoms with van der Waals surface area (Å²) in [6.45, 7) is 10.7. The maximum Gasteiger partial charge on any atom is 0.305 e. The number of methoxy groups -OCH3 is 1. The molecular weight excluding hydrogens is 264 g/mol. The largest absolute Gasteiger partial charge is 0.508 e. The zero-order chi connectivity index (χ0) is 16.3. The van der Waals surface area contributed by atoms with E-state index in [4.69, 9.17) is 0 Å². The van der Waals surface area contributed by atoms with Gasteiger partial charge in [0.2, 0.25) is 0 Å². The Morgan fingerprint density at radius 2 is 1.81 bits per heavy atom. The molecule has 0 unspecified atom stereocenters. The molecule has 0 bridgehead atoms. The van der Waals surface area contributed by atoms with Crippen molar-refractivity contribution in [3.8, 4) is 5.75 Å². The zero-order valence-corrected chi connectivity index (χ0v) is 14.1. The van der Waals surface area contributed by atoms with Crippen LogP contribution in [-0.2, 0) is 20.4 Å². The molecule has 0 aliphatic heterocycles. The molecule has 0 amide bonds. The highest BCUT2D eigenvalue weighted by atomic mass is 16.5. The van der Waals surface area contributed by atoms with Crippen LogP contribution in [0.5, 0.6) is 5.75 Å². The van der Waals surface area contributed by atoms with Gasteiger partial charge in [0.15, 0.2) is 0 Å². The second kappa shape index (κ2) is 6.50. The van der Waals surface area contributed by atoms with Crippen molar-refractivity contribution in [2.45, 2.75) is 64.7 Å². The Hall–Kier alpha value is -1.51. The van der Waals surface area contributed by atoms with Crippen molar-refractivity contribution < 1.29 is 14.6 Å². The lowest BCUT2D eigenvalue weighted by Gasteiger charge is -2.29. The summed E-state index contributed by atoms with van der Waals surface area (Å²) >= 11 is 0. The van der Waals surface area contributed by atoms with E-state index in [9.17, 15) is 9.90 Å². The fourth-order valence-corrected chi connectivity index (χ4v) is 2.46. The van der Waals surface area contributed by atoms with Crippen LogP contribution in [0, 0.1) is 0 Å². The standard InChI is InChI=1S/C18H28O3/c1-17(2,3)13-9-10-15(19)14(12-13)18(4,5)11-7-8-16(20)21-6/h9-10,12,19H,7-8,11H2,1-6H3. The lowest BCUT2D eigenvalue weighted by Crippen LogP contribution is -2.20. The number of phenolic OH excluding ortho intramolecular Hbond substituents is 1. The van der Waals surface area contributed by atoms with Crippen LogP contribution in [0.3, 0.4) is 0 Å². The molecule has 0 atom stereocenters. The van der Waals surface area contributed by atoms with Crippen molar-refractivity contribution in [1.82, 2.24) is 0 Å². The van der Waals surface area contributed by atoms with Crippen molar-refractivity contribution in [3.63, 3.8) is 0 Å². The first kappa shape index (κ1) is 17.5. The number of ether oxygens (including phenoxy) is 1. The molecule has 21 heavy (non-hydrogen) atoms. The molecule has 1 aromatic carbocycles. The second-order valence-corrected chi connectivity index (χ2v) is 7.30. The molecule has 1 aromatic rings. The molecule has 0 saturated carbocycles. The third kappa shape index (κ3) is 4.76. The number of hydrogen-bond acceptors (Lipinski definition) is 3. The molecule has 0 fully saturated rings. The molecule has 0 aliphatic carbocycles. The molecule has 3 heteroatoms. The molecule has 1 rings (SSSR count). The summed E-state index contributed by atoms with van der Waals surface area (Å²) in [5.41, 5.74) is 2.01. The molecular formula is C18H28O3. The Balaban J connectivity index is 2.94. The first-order chi connectivity index (χ1) is 9.58. The van der Waals surface area contributed by atoms with E-state index in [1.165, 1.54) is 12.7 Å². The Bertz CT molecular complexity index is 496. The highest BCUT2D eigenvalue weighted by Crippen LogP contribution is 2.37. The van der Waals surface area contributed by atoms with E-state index in [0.29, 0.717) is 12.2 Å². The molecule has 0 radical (unpaired) electrons. The van der Waals surface area contributed by atoms with Crippen molar-refractivity contribution in [3.05, 3.63) is 29.3 Å². The molecule has 0 spiro atoms. The molecule has 3 nitrogen and oxygen atoms in total. The topological polar surface area (TPSA) is 46.5 Å². The summed E-state index contributed by atoms with van der Waals surface area (Å²) in [5, 5.41) is 10.2. The smallest absolute Gasteiger partial charge is 0.305 e. The van der Waals surface area contributed by atoms with Crippen molar-refractivity contribution in [2.24, 2.45) is 0 Å². The number of phenols is 1. The predicted molar refractivity (Wildman–Crippen MR) is 85.7 cm³/mol. The van der Waals surface area contributed by atoms with Crippen molar-refractivity contribution >= 4 is 5.97 Å². The predicted octanol–water partition coefficient (Wildman–Crippen LogP) is 4.31. The minimum absolute atomic E-state index is 0.0462. The van der Waals surface area contributed by atoms with Crippen LogP contribution in [0.15, 0.2) is 18.2 Å². The fraction of sp³-hybridized carbons (Fsp3) is 0.611. The van der Waals surface area contributed by atoms with Gasteiger partial charge in [-0.25, -0.2) is 0 Å². The zero-order valence-electron chi connectivity index (χ0n) is 14.1. The monoisotopic (exact) mass is 292 g/mol. The average molecular weight is 292 g/mol. The van der Waals surface area contributed by atoms with Gasteiger partial charge in [0, 0.05) is 6.42 Å². The summed E-state index contributed by atoms with van der Waals surface area (Å²) in [7, 11) is 1.41. The number of benzene rings is 1. The molecule has 0 aromatic heterocycles. The number of esters is 1. The maximum absolute atomic E-state index is 11.2. The second-order valence-electron chi connectivity index (χ2n) is 7.30. The van der Waals surface area contributed by atoms with E-state index >= 15 is 0 Å². The fourth-order valence-electron chi connectivity index (χ4n) is 2.46. The third-order valence-corrected chi connectivity index (χ3v) is 4.00. The van der Waals surface area contributed by atoms with Gasteiger partial charge in [-0.1, -0.05) is 46.8 Å². The van der Waals surface area contributed by atoms with E-state index in [2.05, 4.69) is 45.4 Å². The van der Waals surface area contributed by atoms with Crippen molar-refractivity contribution in [2.75, 3.05) is 7.11 Å². The summed E-state index contributed by atoms with van der Waals surface area (Å²) in [5.74, 6) is 0.143. The van der Waals surface area contributed by atoms with Gasteiger partial charge >= 0.3 is 5.97 Å². The quantitative estimate of drug-likeness (QED) is 0.823. The van der Waals surface area contributed by atoms with E-state index in [1.807, 2.05) is 6.07 Å². The first-order valence-electron chi connectivity index (χ1n) is 7.49. The van der Waals surface area contributed by atoms with Crippen molar-refractivity contribution in [1.29, 1.82) is 0 Å². The number of hydrogen-bond donors (Lipinski definition) is 1. The van der Waals surface area contributed by atoms with Gasteiger partial charge in [-0.05, 0) is 40.9 Å². The minimum atomic E-state index is -0.182. The molecule has 0 heterocycles. The van der Waals surface area contributed by atoms with Crippen LogP contribution < -0.4 is 0 Å². The number of rotatable bonds is 5. The van der Waals surface area contributed by atoms with Crippen LogP contribution in [0.4, 0.5) is 0 Å². The van der Waals surface area contributed by atoms with Crippen LogP contribution in [0.1, 0.15) is 65.0 Å². The highest BCUT2D eigenvalue weighted by Gasteiger charge is 2.26. The van der Waals surface area contributed by atoms with Gasteiger partial charge < -0.3 is 9.84 Å². The number of carbonyl (C=O) groups is 1. The Labute approximate surface area is 128 Å². The van der Waals surface area contributed by atoms with Gasteiger partial charge in [0.05, 0.1) is 7.11 Å². The number of carbonyl (C=O) groups excluding carboxylic acids is 1. The SMILES string of the molecule is COC(=O)CCCC(C)(C)c1cc(C(C)(C)C)ccc1O. The van der Waals surface area contributed by atoms with Crippen LogP contribution in [-0.4, -0.2) is 18.2 Å². The Morgan fingerprint density at radius 1 is 1.19 bits per heavy atom. The van der Waals surface area contributed by atoms with E-state index in [1.54, 1.807) is 6.07 Å². The van der Waals surface area contributed by atoms with E-state index < -0.39 is 0 Å². The van der Waals surface area contributed by atoms with Crippen LogP contribution >= 0.6 is 0 Å². The molecule has 118 valence electrons. The maximum atomic E-state index is 11.2. The normalized spacial score (nSPS) is 12.3. The summed E-state index contributed by atoms with van der Waals surface area (Å²) in [4.78, 5) is 11.2. The summed E-state index contributed by atoms with van der Waals surface area (Å²) in [6, 6.07) is 5.84. The Kier molecular flexibility index (Phi) is 5.43. The van der Waals surface area contributed by atoms with Gasteiger partial charge in [0.1, 0.15) is 5.75 Å². The lowest BCUT2D eigenvalue weighted by atomic mass is 9.76. The molecule has 1 N–H and O–H groups in total. The number of aromatic hydroxyl groups is 1. The summed E-state index contributed by atoms with van der Waals surface area (Å²) in [6.07, 6.45) is 1.99. The third-order valence-electron chi connectivity index (χ3n) is 4.00.